The van der Waals surface area contributed by atoms with Crippen molar-refractivity contribution < 1.29 is 13.2 Å². The van der Waals surface area contributed by atoms with Gasteiger partial charge in [0.1, 0.15) is 0 Å². The van der Waals surface area contributed by atoms with E-state index in [0.717, 1.165) is 38.7 Å². The number of nitrogens with zero attached hydrogens (tertiary/aromatic N) is 1. The maximum absolute atomic E-state index is 14.1. The lowest BCUT2D eigenvalue weighted by Gasteiger charge is -2.38. The summed E-state index contributed by atoms with van der Waals surface area (Å²) >= 11 is 0. The van der Waals surface area contributed by atoms with E-state index in [9.17, 15) is 13.2 Å². The normalized spacial score (nSPS) is 18.0. The Balaban J connectivity index is 0.00000220. The standard InChI is InChI=1S/C15H21F3N2.2ClH/c1-3-10(2)15(20-8-6-19-7-9-20)11-4-5-12(16)14(18)13(11)17;;/h4-5,10,15,19H,3,6-9H2,1-2H3;2*1H/t10?,15-;;/m1../s1. The molecule has 0 spiro atoms. The van der Waals surface area contributed by atoms with Crippen LogP contribution in [-0.2, 0) is 0 Å². The third kappa shape index (κ3) is 4.51. The van der Waals surface area contributed by atoms with Gasteiger partial charge in [-0.3, -0.25) is 4.90 Å². The van der Waals surface area contributed by atoms with E-state index in [1.807, 2.05) is 13.8 Å². The summed E-state index contributed by atoms with van der Waals surface area (Å²) in [5.41, 5.74) is 0.264. The summed E-state index contributed by atoms with van der Waals surface area (Å²) in [6.07, 6.45) is 0.854. The van der Waals surface area contributed by atoms with Crippen LogP contribution >= 0.6 is 24.8 Å². The van der Waals surface area contributed by atoms with Crippen molar-refractivity contribution in [1.82, 2.24) is 10.2 Å². The Kier molecular flexibility index (Phi) is 9.39. The molecule has 1 N–H and O–H groups in total. The fraction of sp³-hybridized carbons (Fsp3) is 0.600. The second kappa shape index (κ2) is 9.60. The van der Waals surface area contributed by atoms with Crippen LogP contribution in [0.1, 0.15) is 31.9 Å². The molecule has 0 amide bonds. The van der Waals surface area contributed by atoms with Crippen LogP contribution in [0.25, 0.3) is 0 Å². The van der Waals surface area contributed by atoms with E-state index in [4.69, 9.17) is 0 Å². The monoisotopic (exact) mass is 358 g/mol. The molecule has 0 bridgehead atoms. The minimum atomic E-state index is -1.37. The van der Waals surface area contributed by atoms with Crippen molar-refractivity contribution in [3.63, 3.8) is 0 Å². The second-order valence-electron chi connectivity index (χ2n) is 5.38. The maximum Gasteiger partial charge on any atom is 0.194 e. The zero-order valence-electron chi connectivity index (χ0n) is 12.7. The highest BCUT2D eigenvalue weighted by Crippen LogP contribution is 2.33. The molecule has 1 saturated heterocycles. The molecule has 0 saturated carbocycles. The lowest BCUT2D eigenvalue weighted by Crippen LogP contribution is -2.46. The van der Waals surface area contributed by atoms with Gasteiger partial charge in [0.25, 0.3) is 0 Å². The van der Waals surface area contributed by atoms with Gasteiger partial charge in [-0.25, -0.2) is 13.2 Å². The number of nitrogens with one attached hydrogen (secondary N) is 1. The van der Waals surface area contributed by atoms with Crippen molar-refractivity contribution in [2.45, 2.75) is 26.3 Å². The molecule has 7 heteroatoms. The Morgan fingerprint density at radius 2 is 1.68 bits per heavy atom. The molecular weight excluding hydrogens is 336 g/mol. The van der Waals surface area contributed by atoms with E-state index in [2.05, 4.69) is 10.2 Å². The van der Waals surface area contributed by atoms with Gasteiger partial charge >= 0.3 is 0 Å². The van der Waals surface area contributed by atoms with Gasteiger partial charge in [-0.15, -0.1) is 24.8 Å². The Morgan fingerprint density at radius 3 is 2.23 bits per heavy atom. The average molecular weight is 359 g/mol. The van der Waals surface area contributed by atoms with Crippen LogP contribution < -0.4 is 5.32 Å². The molecule has 1 aromatic carbocycles. The van der Waals surface area contributed by atoms with Crippen LogP contribution in [-0.4, -0.2) is 31.1 Å². The van der Waals surface area contributed by atoms with Crippen molar-refractivity contribution in [2.75, 3.05) is 26.2 Å². The predicted octanol–water partition coefficient (Wildman–Crippen LogP) is 3.94. The number of benzene rings is 1. The van der Waals surface area contributed by atoms with E-state index < -0.39 is 17.5 Å². The van der Waals surface area contributed by atoms with Crippen molar-refractivity contribution in [2.24, 2.45) is 5.92 Å². The molecule has 2 rings (SSSR count). The van der Waals surface area contributed by atoms with E-state index in [1.54, 1.807) is 0 Å². The van der Waals surface area contributed by atoms with Gasteiger partial charge in [-0.2, -0.15) is 0 Å². The van der Waals surface area contributed by atoms with Gasteiger partial charge in [0.15, 0.2) is 17.5 Å². The van der Waals surface area contributed by atoms with Crippen LogP contribution in [0, 0.1) is 23.4 Å². The number of rotatable bonds is 4. The lowest BCUT2D eigenvalue weighted by atomic mass is 9.90. The van der Waals surface area contributed by atoms with Gasteiger partial charge in [0.05, 0.1) is 0 Å². The van der Waals surface area contributed by atoms with E-state index in [-0.39, 0.29) is 42.3 Å². The molecule has 1 heterocycles. The lowest BCUT2D eigenvalue weighted by molar-refractivity contribution is 0.124. The summed E-state index contributed by atoms with van der Waals surface area (Å²) in [5.74, 6) is -3.37. The fourth-order valence-electron chi connectivity index (χ4n) is 2.82. The zero-order valence-corrected chi connectivity index (χ0v) is 14.4. The van der Waals surface area contributed by atoms with E-state index in [1.165, 1.54) is 6.07 Å². The van der Waals surface area contributed by atoms with Gasteiger partial charge < -0.3 is 5.32 Å². The summed E-state index contributed by atoms with van der Waals surface area (Å²) in [4.78, 5) is 2.15. The number of piperazine rings is 1. The fourth-order valence-corrected chi connectivity index (χ4v) is 2.82. The van der Waals surface area contributed by atoms with Crippen LogP contribution in [0.2, 0.25) is 0 Å². The molecule has 0 radical (unpaired) electrons. The van der Waals surface area contributed by atoms with Gasteiger partial charge in [0, 0.05) is 37.8 Å². The summed E-state index contributed by atoms with van der Waals surface area (Å²) in [5, 5.41) is 3.24. The molecule has 1 fully saturated rings. The minimum Gasteiger partial charge on any atom is -0.314 e. The number of hydrogen-bond donors (Lipinski definition) is 1. The highest BCUT2D eigenvalue weighted by molar-refractivity contribution is 5.85. The average Bonchev–Trinajstić information content (AvgIpc) is 2.48. The second-order valence-corrected chi connectivity index (χ2v) is 5.38. The summed E-state index contributed by atoms with van der Waals surface area (Å²) < 4.78 is 40.7. The minimum absolute atomic E-state index is 0. The van der Waals surface area contributed by atoms with E-state index >= 15 is 0 Å². The van der Waals surface area contributed by atoms with Crippen molar-refractivity contribution in [1.29, 1.82) is 0 Å². The van der Waals surface area contributed by atoms with Crippen LogP contribution in [0.15, 0.2) is 12.1 Å². The third-order valence-corrected chi connectivity index (χ3v) is 4.11. The molecule has 2 nitrogen and oxygen atoms in total. The highest BCUT2D eigenvalue weighted by Gasteiger charge is 2.30. The van der Waals surface area contributed by atoms with E-state index in [0.29, 0.717) is 0 Å². The highest BCUT2D eigenvalue weighted by atomic mass is 35.5. The van der Waals surface area contributed by atoms with Gasteiger partial charge in [-0.1, -0.05) is 26.3 Å². The molecule has 1 aliphatic heterocycles. The first-order valence-corrected chi connectivity index (χ1v) is 7.14. The molecule has 22 heavy (non-hydrogen) atoms. The first-order chi connectivity index (χ1) is 9.56. The van der Waals surface area contributed by atoms with Crippen LogP contribution in [0.4, 0.5) is 13.2 Å². The smallest absolute Gasteiger partial charge is 0.194 e. The molecule has 2 atom stereocenters. The molecule has 1 aromatic rings. The zero-order chi connectivity index (χ0) is 14.7. The molecule has 128 valence electrons. The Labute approximate surface area is 142 Å². The summed E-state index contributed by atoms with van der Waals surface area (Å²) in [7, 11) is 0. The molecular formula is C15H23Cl2F3N2. The SMILES string of the molecule is CCC(C)[C@H](c1ccc(F)c(F)c1F)N1CCNCC1.Cl.Cl. The summed E-state index contributed by atoms with van der Waals surface area (Å²) in [6, 6.07) is 2.19. The number of halogens is 5. The van der Waals surface area contributed by atoms with Crippen LogP contribution in [0.5, 0.6) is 0 Å². The number of hydrogen-bond acceptors (Lipinski definition) is 2. The quantitative estimate of drug-likeness (QED) is 0.820. The molecule has 0 aromatic heterocycles. The Bertz CT molecular complexity index is 468. The maximum atomic E-state index is 14.1. The topological polar surface area (TPSA) is 15.3 Å². The third-order valence-electron chi connectivity index (χ3n) is 4.11. The largest absolute Gasteiger partial charge is 0.314 e. The first-order valence-electron chi connectivity index (χ1n) is 7.14. The molecule has 1 unspecified atom stereocenters. The predicted molar refractivity (Wildman–Crippen MR) is 87.5 cm³/mol. The van der Waals surface area contributed by atoms with Crippen LogP contribution in [0.3, 0.4) is 0 Å². The summed E-state index contributed by atoms with van der Waals surface area (Å²) in [6.45, 7) is 7.28. The Morgan fingerprint density at radius 1 is 1.09 bits per heavy atom. The Hall–Kier alpha value is -0.490. The first kappa shape index (κ1) is 21.5. The van der Waals surface area contributed by atoms with Crippen molar-refractivity contribution in [3.8, 4) is 0 Å². The molecule has 0 aliphatic carbocycles. The van der Waals surface area contributed by atoms with Crippen molar-refractivity contribution in [3.05, 3.63) is 35.1 Å². The van der Waals surface area contributed by atoms with Gasteiger partial charge in [0.2, 0.25) is 0 Å². The van der Waals surface area contributed by atoms with Gasteiger partial charge in [-0.05, 0) is 12.0 Å². The molecule has 1 aliphatic rings. The van der Waals surface area contributed by atoms with Crippen molar-refractivity contribution >= 4 is 24.8 Å².